The summed E-state index contributed by atoms with van der Waals surface area (Å²) in [5, 5.41) is 3.38. The minimum absolute atomic E-state index is 0.542. The van der Waals surface area contributed by atoms with E-state index >= 15 is 0 Å². The molecule has 0 saturated heterocycles. The third kappa shape index (κ3) is 6.77. The number of ether oxygens (including phenoxy) is 1. The van der Waals surface area contributed by atoms with E-state index in [9.17, 15) is 0 Å². The molecule has 0 radical (unpaired) electrons. The van der Waals surface area contributed by atoms with Crippen LogP contribution in [0.1, 0.15) is 45.3 Å². The Labute approximate surface area is 110 Å². The van der Waals surface area contributed by atoms with Crippen molar-refractivity contribution in [2.24, 2.45) is 0 Å². The zero-order valence-corrected chi connectivity index (χ0v) is 11.9. The molecule has 1 N–H and O–H groups in total. The second kappa shape index (κ2) is 9.11. The molecule has 0 aliphatic heterocycles. The molecule has 4 heteroatoms. The van der Waals surface area contributed by atoms with Crippen LogP contribution in [0.25, 0.3) is 0 Å². The van der Waals surface area contributed by atoms with Crippen LogP contribution < -0.4 is 5.32 Å². The molecule has 0 fully saturated rings. The monoisotopic (exact) mass is 254 g/mol. The van der Waals surface area contributed by atoms with Crippen molar-refractivity contribution in [2.45, 2.75) is 52.5 Å². The van der Waals surface area contributed by atoms with Gasteiger partial charge >= 0.3 is 0 Å². The predicted molar refractivity (Wildman–Crippen MR) is 72.8 cm³/mol. The number of aromatic nitrogens is 1. The van der Waals surface area contributed by atoms with E-state index in [1.165, 1.54) is 0 Å². The van der Waals surface area contributed by atoms with Crippen molar-refractivity contribution in [3.05, 3.63) is 17.8 Å². The molecule has 1 heterocycles. The van der Waals surface area contributed by atoms with Gasteiger partial charge in [-0.1, -0.05) is 20.8 Å². The minimum Gasteiger partial charge on any atom is -0.446 e. The van der Waals surface area contributed by atoms with E-state index < -0.39 is 0 Å². The molecular weight excluding hydrogens is 228 g/mol. The molecule has 0 bridgehead atoms. The number of nitrogens with zero attached hydrogens (tertiary/aromatic N) is 1. The number of rotatable bonds is 10. The molecule has 0 aromatic carbocycles. The van der Waals surface area contributed by atoms with Gasteiger partial charge in [0, 0.05) is 25.5 Å². The molecule has 1 aromatic rings. The number of oxazole rings is 1. The Hall–Kier alpha value is -0.870. The highest BCUT2D eigenvalue weighted by Gasteiger charge is 2.04. The first-order valence-corrected chi connectivity index (χ1v) is 6.97. The molecule has 0 amide bonds. The molecule has 0 spiro atoms. The lowest BCUT2D eigenvalue weighted by Gasteiger charge is -2.05. The smallest absolute Gasteiger partial charge is 0.194 e. The van der Waals surface area contributed by atoms with Crippen LogP contribution in [0.2, 0.25) is 0 Å². The number of aryl methyl sites for hydroxylation is 1. The summed E-state index contributed by atoms with van der Waals surface area (Å²) in [5.74, 6) is 1.77. The van der Waals surface area contributed by atoms with Gasteiger partial charge < -0.3 is 14.5 Å². The summed E-state index contributed by atoms with van der Waals surface area (Å²) < 4.78 is 11.1. The zero-order chi connectivity index (χ0) is 13.2. The number of nitrogens with one attached hydrogen (secondary N) is 1. The van der Waals surface area contributed by atoms with E-state index in [0.717, 1.165) is 57.1 Å². The molecule has 4 nitrogen and oxygen atoms in total. The molecule has 0 aliphatic carbocycles. The fourth-order valence-electron chi connectivity index (χ4n) is 1.63. The summed E-state index contributed by atoms with van der Waals surface area (Å²) in [6.07, 6.45) is 5.66. The molecule has 0 unspecified atom stereocenters. The molecule has 104 valence electrons. The van der Waals surface area contributed by atoms with Crippen LogP contribution in [0.4, 0.5) is 0 Å². The number of hydrogen-bond donors (Lipinski definition) is 1. The molecule has 1 aromatic heterocycles. The number of hydrogen-bond acceptors (Lipinski definition) is 4. The van der Waals surface area contributed by atoms with Crippen LogP contribution in [0, 0.1) is 0 Å². The predicted octanol–water partition coefficient (Wildman–Crippen LogP) is 2.57. The topological polar surface area (TPSA) is 47.3 Å². The molecule has 0 atom stereocenters. The Morgan fingerprint density at radius 2 is 2.17 bits per heavy atom. The Balaban J connectivity index is 2.13. The average molecular weight is 254 g/mol. The second-order valence-electron chi connectivity index (χ2n) is 4.80. The van der Waals surface area contributed by atoms with E-state index in [2.05, 4.69) is 31.1 Å². The van der Waals surface area contributed by atoms with Gasteiger partial charge in [-0.25, -0.2) is 4.98 Å². The van der Waals surface area contributed by atoms with Crippen LogP contribution in [-0.4, -0.2) is 30.8 Å². The summed E-state index contributed by atoms with van der Waals surface area (Å²) in [6.45, 7) is 8.96. The standard InChI is InChI=1S/C14H26N2O2/c1-4-9-17-10-7-13-11-16-14(18-13)6-5-8-15-12(2)3/h11-12,15H,4-10H2,1-3H3. The minimum atomic E-state index is 0.542. The van der Waals surface area contributed by atoms with Crippen molar-refractivity contribution in [3.8, 4) is 0 Å². The first-order valence-electron chi connectivity index (χ1n) is 6.97. The Kier molecular flexibility index (Phi) is 7.69. The Morgan fingerprint density at radius 1 is 1.33 bits per heavy atom. The molecule has 0 saturated carbocycles. The quantitative estimate of drug-likeness (QED) is 0.652. The van der Waals surface area contributed by atoms with E-state index in [1.807, 2.05) is 6.20 Å². The van der Waals surface area contributed by atoms with Gasteiger partial charge in [0.2, 0.25) is 0 Å². The lowest BCUT2D eigenvalue weighted by atomic mass is 10.3. The lowest BCUT2D eigenvalue weighted by molar-refractivity contribution is 0.134. The van der Waals surface area contributed by atoms with Crippen LogP contribution in [0.15, 0.2) is 10.6 Å². The summed E-state index contributed by atoms with van der Waals surface area (Å²) in [6, 6.07) is 0.542. The van der Waals surface area contributed by atoms with Gasteiger partial charge in [0.15, 0.2) is 5.89 Å². The Morgan fingerprint density at radius 3 is 2.89 bits per heavy atom. The zero-order valence-electron chi connectivity index (χ0n) is 11.9. The Bertz CT molecular complexity index is 310. The first kappa shape index (κ1) is 15.2. The third-order valence-corrected chi connectivity index (χ3v) is 2.56. The summed E-state index contributed by atoms with van der Waals surface area (Å²) >= 11 is 0. The van der Waals surface area contributed by atoms with Crippen molar-refractivity contribution in [2.75, 3.05) is 19.8 Å². The van der Waals surface area contributed by atoms with Crippen molar-refractivity contribution >= 4 is 0 Å². The second-order valence-corrected chi connectivity index (χ2v) is 4.80. The highest BCUT2D eigenvalue weighted by Crippen LogP contribution is 2.06. The molecule has 1 rings (SSSR count). The van der Waals surface area contributed by atoms with Crippen LogP contribution >= 0.6 is 0 Å². The maximum atomic E-state index is 5.65. The van der Waals surface area contributed by atoms with Gasteiger partial charge in [-0.05, 0) is 19.4 Å². The van der Waals surface area contributed by atoms with Crippen molar-refractivity contribution in [1.29, 1.82) is 0 Å². The van der Waals surface area contributed by atoms with Gasteiger partial charge in [-0.2, -0.15) is 0 Å². The highest BCUT2D eigenvalue weighted by atomic mass is 16.5. The van der Waals surface area contributed by atoms with E-state index in [-0.39, 0.29) is 0 Å². The fraction of sp³-hybridized carbons (Fsp3) is 0.786. The summed E-state index contributed by atoms with van der Waals surface area (Å²) in [5.41, 5.74) is 0. The van der Waals surface area contributed by atoms with Crippen molar-refractivity contribution < 1.29 is 9.15 Å². The summed E-state index contributed by atoms with van der Waals surface area (Å²) in [7, 11) is 0. The van der Waals surface area contributed by atoms with Crippen LogP contribution in [0.5, 0.6) is 0 Å². The van der Waals surface area contributed by atoms with Gasteiger partial charge in [0.1, 0.15) is 5.76 Å². The van der Waals surface area contributed by atoms with Crippen molar-refractivity contribution in [3.63, 3.8) is 0 Å². The maximum absolute atomic E-state index is 5.65. The highest BCUT2D eigenvalue weighted by molar-refractivity contribution is 4.94. The van der Waals surface area contributed by atoms with Gasteiger partial charge in [-0.15, -0.1) is 0 Å². The normalized spacial score (nSPS) is 11.3. The van der Waals surface area contributed by atoms with E-state index in [4.69, 9.17) is 9.15 Å². The third-order valence-electron chi connectivity index (χ3n) is 2.56. The largest absolute Gasteiger partial charge is 0.446 e. The van der Waals surface area contributed by atoms with Gasteiger partial charge in [0.25, 0.3) is 0 Å². The van der Waals surface area contributed by atoms with Gasteiger partial charge in [0.05, 0.1) is 12.8 Å². The maximum Gasteiger partial charge on any atom is 0.194 e. The summed E-state index contributed by atoms with van der Waals surface area (Å²) in [4.78, 5) is 4.28. The van der Waals surface area contributed by atoms with Crippen LogP contribution in [0.3, 0.4) is 0 Å². The first-order chi connectivity index (χ1) is 8.72. The lowest BCUT2D eigenvalue weighted by Crippen LogP contribution is -2.23. The van der Waals surface area contributed by atoms with Crippen LogP contribution in [-0.2, 0) is 17.6 Å². The van der Waals surface area contributed by atoms with E-state index in [0.29, 0.717) is 6.04 Å². The SMILES string of the molecule is CCCOCCc1cnc(CCCNC(C)C)o1. The fourth-order valence-corrected chi connectivity index (χ4v) is 1.63. The average Bonchev–Trinajstić information content (AvgIpc) is 2.78. The van der Waals surface area contributed by atoms with Crippen molar-refractivity contribution in [1.82, 2.24) is 10.3 Å². The molecule has 0 aliphatic rings. The van der Waals surface area contributed by atoms with E-state index in [1.54, 1.807) is 0 Å². The van der Waals surface area contributed by atoms with Gasteiger partial charge in [-0.3, -0.25) is 0 Å². The molecular formula is C14H26N2O2. The molecule has 18 heavy (non-hydrogen) atoms.